The minimum atomic E-state index is -1.09. The monoisotopic (exact) mass is 367 g/mol. The van der Waals surface area contributed by atoms with E-state index in [9.17, 15) is 14.7 Å². The third-order valence-corrected chi connectivity index (χ3v) is 4.54. The Morgan fingerprint density at radius 1 is 1.37 bits per heavy atom. The molecule has 1 aliphatic rings. The minimum Gasteiger partial charge on any atom is -0.478 e. The van der Waals surface area contributed by atoms with Crippen LogP contribution in [0.2, 0.25) is 0 Å². The number of rotatable bonds is 4. The maximum atomic E-state index is 11.6. The molecule has 0 bridgehead atoms. The number of carboxylic acids is 1. The molecule has 1 aromatic carbocycles. The second kappa shape index (κ2) is 6.60. The fourth-order valence-corrected chi connectivity index (χ4v) is 3.23. The van der Waals surface area contributed by atoms with E-state index in [-0.39, 0.29) is 29.0 Å². The van der Waals surface area contributed by atoms with E-state index in [1.54, 1.807) is 7.05 Å². The molecular weight excluding hydrogens is 350 g/mol. The lowest BCUT2D eigenvalue weighted by atomic mass is 10.1. The number of fused-ring (bicyclic) bond motifs is 2. The fraction of sp³-hybridized carbons (Fsp3) is 0.222. The highest BCUT2D eigenvalue weighted by atomic mass is 16.5. The van der Waals surface area contributed by atoms with Gasteiger partial charge in [-0.1, -0.05) is 6.07 Å². The lowest BCUT2D eigenvalue weighted by molar-refractivity contribution is 0.0699. The van der Waals surface area contributed by atoms with Gasteiger partial charge in [0.15, 0.2) is 5.65 Å². The van der Waals surface area contributed by atoms with Crippen LogP contribution in [0.25, 0.3) is 11.2 Å². The van der Waals surface area contributed by atoms with Crippen molar-refractivity contribution < 1.29 is 19.4 Å². The molecular formula is C18H17N5O4. The van der Waals surface area contributed by atoms with Crippen LogP contribution in [0, 0.1) is 0 Å². The summed E-state index contributed by atoms with van der Waals surface area (Å²) < 4.78 is 5.79. The standard InChI is InChI=1S/C18H17N5O4/c1-19-18(26)22-13-5-3-9-2-4-10(6-11(9)13)27-14-8-21-16-15(23-14)12(7-20-16)17(24)25/h2,4,6-8,13H,3,5H2,1H3,(H,20,21)(H,24,25)(H2,19,22,26)/t13-/m1/s1. The first-order valence-electron chi connectivity index (χ1n) is 8.41. The Labute approximate surface area is 153 Å². The smallest absolute Gasteiger partial charge is 0.339 e. The third kappa shape index (κ3) is 3.14. The van der Waals surface area contributed by atoms with Gasteiger partial charge in [0.05, 0.1) is 12.2 Å². The molecule has 0 saturated carbocycles. The first-order chi connectivity index (χ1) is 13.0. The van der Waals surface area contributed by atoms with Gasteiger partial charge in [-0.15, -0.1) is 0 Å². The van der Waals surface area contributed by atoms with Crippen molar-refractivity contribution in [3.63, 3.8) is 0 Å². The van der Waals surface area contributed by atoms with Crippen LogP contribution in [-0.2, 0) is 6.42 Å². The van der Waals surface area contributed by atoms with E-state index in [2.05, 4.69) is 25.6 Å². The van der Waals surface area contributed by atoms with Gasteiger partial charge >= 0.3 is 12.0 Å². The summed E-state index contributed by atoms with van der Waals surface area (Å²) in [6.45, 7) is 0. The molecule has 138 valence electrons. The molecule has 9 nitrogen and oxygen atoms in total. The molecule has 4 N–H and O–H groups in total. The molecule has 0 saturated heterocycles. The van der Waals surface area contributed by atoms with Crippen molar-refractivity contribution in [2.24, 2.45) is 0 Å². The molecule has 2 heterocycles. The molecule has 2 amide bonds. The van der Waals surface area contributed by atoms with E-state index in [4.69, 9.17) is 4.74 Å². The van der Waals surface area contributed by atoms with Crippen LogP contribution in [0.1, 0.15) is 33.9 Å². The van der Waals surface area contributed by atoms with Crippen LogP contribution < -0.4 is 15.4 Å². The number of carboxylic acid groups (broad SMARTS) is 1. The normalized spacial score (nSPS) is 15.4. The number of nitrogens with one attached hydrogen (secondary N) is 3. The number of hydrogen-bond donors (Lipinski definition) is 4. The van der Waals surface area contributed by atoms with Crippen LogP contribution >= 0.6 is 0 Å². The zero-order valence-corrected chi connectivity index (χ0v) is 14.4. The summed E-state index contributed by atoms with van der Waals surface area (Å²) in [5, 5.41) is 14.7. The number of H-pyrrole nitrogens is 1. The number of nitrogens with zero attached hydrogens (tertiary/aromatic N) is 2. The van der Waals surface area contributed by atoms with Gasteiger partial charge in [0.25, 0.3) is 0 Å². The Morgan fingerprint density at radius 3 is 3.00 bits per heavy atom. The summed E-state index contributed by atoms with van der Waals surface area (Å²) in [6, 6.07) is 5.33. The number of hydrogen-bond acceptors (Lipinski definition) is 5. The van der Waals surface area contributed by atoms with Crippen molar-refractivity contribution in [3.05, 3.63) is 47.3 Å². The molecule has 9 heteroatoms. The fourth-order valence-electron chi connectivity index (χ4n) is 3.23. The molecule has 1 atom stereocenters. The first-order valence-corrected chi connectivity index (χ1v) is 8.41. The number of ether oxygens (including phenoxy) is 1. The van der Waals surface area contributed by atoms with Gasteiger partial charge in [-0.25, -0.2) is 19.6 Å². The summed E-state index contributed by atoms with van der Waals surface area (Å²) in [4.78, 5) is 34.0. The number of carbonyl (C=O) groups excluding carboxylic acids is 1. The SMILES string of the molecule is CNC(=O)N[C@@H]1CCc2ccc(Oc3cnc4[nH]cc(C(=O)O)c4n3)cc21. The summed E-state index contributed by atoms with van der Waals surface area (Å²) >= 11 is 0. The highest BCUT2D eigenvalue weighted by Crippen LogP contribution is 2.35. The number of aromatic carboxylic acids is 1. The van der Waals surface area contributed by atoms with Crippen molar-refractivity contribution >= 4 is 23.2 Å². The van der Waals surface area contributed by atoms with Crippen LogP contribution in [-0.4, -0.2) is 39.1 Å². The average molecular weight is 367 g/mol. The summed E-state index contributed by atoms with van der Waals surface area (Å²) in [5.74, 6) is -0.355. The van der Waals surface area contributed by atoms with Gasteiger partial charge in [0.1, 0.15) is 16.8 Å². The lowest BCUT2D eigenvalue weighted by Gasteiger charge is -2.14. The molecule has 2 aromatic heterocycles. The molecule has 3 aromatic rings. The third-order valence-electron chi connectivity index (χ3n) is 4.54. The molecule has 0 aliphatic heterocycles. The minimum absolute atomic E-state index is 0.0340. The van der Waals surface area contributed by atoms with E-state index >= 15 is 0 Å². The number of aromatic amines is 1. The maximum Gasteiger partial charge on any atom is 0.339 e. The van der Waals surface area contributed by atoms with Crippen molar-refractivity contribution in [2.75, 3.05) is 7.05 Å². The molecule has 1 aliphatic carbocycles. The molecule has 4 rings (SSSR count). The topological polar surface area (TPSA) is 129 Å². The molecule has 0 spiro atoms. The Bertz CT molecular complexity index is 1050. The van der Waals surface area contributed by atoms with Gasteiger partial charge in [-0.3, -0.25) is 0 Å². The van der Waals surface area contributed by atoms with Gasteiger partial charge in [-0.05, 0) is 36.1 Å². The molecule has 27 heavy (non-hydrogen) atoms. The maximum absolute atomic E-state index is 11.6. The number of amides is 2. The van der Waals surface area contributed by atoms with E-state index in [1.807, 2.05) is 18.2 Å². The average Bonchev–Trinajstić information content (AvgIpc) is 3.25. The van der Waals surface area contributed by atoms with Crippen molar-refractivity contribution in [1.29, 1.82) is 0 Å². The van der Waals surface area contributed by atoms with Crippen LogP contribution in [0.5, 0.6) is 11.6 Å². The zero-order chi connectivity index (χ0) is 19.0. The van der Waals surface area contributed by atoms with Gasteiger partial charge in [0.2, 0.25) is 5.88 Å². The van der Waals surface area contributed by atoms with Crippen molar-refractivity contribution in [2.45, 2.75) is 18.9 Å². The number of aryl methyl sites for hydroxylation is 1. The largest absolute Gasteiger partial charge is 0.478 e. The van der Waals surface area contributed by atoms with Crippen molar-refractivity contribution in [1.82, 2.24) is 25.6 Å². The number of benzene rings is 1. The van der Waals surface area contributed by atoms with Crippen LogP contribution in [0.3, 0.4) is 0 Å². The second-order valence-corrected chi connectivity index (χ2v) is 6.19. The lowest BCUT2D eigenvalue weighted by Crippen LogP contribution is -2.34. The Balaban J connectivity index is 1.61. The van der Waals surface area contributed by atoms with E-state index in [0.717, 1.165) is 24.0 Å². The van der Waals surface area contributed by atoms with Gasteiger partial charge < -0.3 is 25.5 Å². The highest BCUT2D eigenvalue weighted by molar-refractivity contribution is 6.00. The predicted octanol–water partition coefficient (Wildman–Crippen LogP) is 2.36. The molecule has 0 fully saturated rings. The first kappa shape index (κ1) is 16.8. The summed E-state index contributed by atoms with van der Waals surface area (Å²) in [5.41, 5.74) is 2.80. The van der Waals surface area contributed by atoms with E-state index in [1.165, 1.54) is 12.4 Å². The van der Waals surface area contributed by atoms with Gasteiger partial charge in [-0.2, -0.15) is 0 Å². The quantitative estimate of drug-likeness (QED) is 0.560. The zero-order valence-electron chi connectivity index (χ0n) is 14.4. The van der Waals surface area contributed by atoms with E-state index in [0.29, 0.717) is 11.4 Å². The Hall–Kier alpha value is -3.62. The molecule has 0 unspecified atom stereocenters. The predicted molar refractivity (Wildman–Crippen MR) is 96.0 cm³/mol. The second-order valence-electron chi connectivity index (χ2n) is 6.19. The van der Waals surface area contributed by atoms with Crippen LogP contribution in [0.15, 0.2) is 30.6 Å². The van der Waals surface area contributed by atoms with Crippen molar-refractivity contribution in [3.8, 4) is 11.6 Å². The molecule has 0 radical (unpaired) electrons. The summed E-state index contributed by atoms with van der Waals surface area (Å²) in [6.07, 6.45) is 4.48. The Morgan fingerprint density at radius 2 is 2.22 bits per heavy atom. The van der Waals surface area contributed by atoms with Gasteiger partial charge in [0, 0.05) is 13.2 Å². The number of carbonyl (C=O) groups is 2. The highest BCUT2D eigenvalue weighted by Gasteiger charge is 2.24. The number of aromatic nitrogens is 3. The number of urea groups is 1. The Kier molecular flexibility index (Phi) is 4.11. The summed E-state index contributed by atoms with van der Waals surface area (Å²) in [7, 11) is 1.58. The van der Waals surface area contributed by atoms with Crippen LogP contribution in [0.4, 0.5) is 4.79 Å². The van der Waals surface area contributed by atoms with E-state index < -0.39 is 5.97 Å².